The highest BCUT2D eigenvalue weighted by Crippen LogP contribution is 2.24. The zero-order chi connectivity index (χ0) is 8.39. The molecule has 0 fully saturated rings. The fourth-order valence-corrected chi connectivity index (χ4v) is 1.43. The molecule has 0 atom stereocenters. The summed E-state index contributed by atoms with van der Waals surface area (Å²) in [5, 5.41) is 0. The van der Waals surface area contributed by atoms with Gasteiger partial charge in [0.2, 0.25) is 0 Å². The van der Waals surface area contributed by atoms with Gasteiger partial charge in [-0.3, -0.25) is 0 Å². The Morgan fingerprint density at radius 1 is 1.17 bits per heavy atom. The molecule has 0 spiro atoms. The molecule has 0 saturated heterocycles. The molecule has 1 heterocycles. The molecule has 12 heavy (non-hydrogen) atoms. The van der Waals surface area contributed by atoms with Crippen molar-refractivity contribution in [3.63, 3.8) is 0 Å². The molecular weight excluding hydrogens is 148 g/mol. The van der Waals surface area contributed by atoms with Crippen molar-refractivity contribution >= 4 is 0 Å². The van der Waals surface area contributed by atoms with Crippen molar-refractivity contribution in [2.75, 3.05) is 6.61 Å². The Morgan fingerprint density at radius 2 is 2.00 bits per heavy atom. The van der Waals surface area contributed by atoms with Crippen LogP contribution < -0.4 is 0 Å². The third-order valence-corrected chi connectivity index (χ3v) is 2.11. The third kappa shape index (κ3) is 1.35. The van der Waals surface area contributed by atoms with Crippen LogP contribution in [0.5, 0.6) is 0 Å². The summed E-state index contributed by atoms with van der Waals surface area (Å²) in [5.41, 5.74) is 2.34. The summed E-state index contributed by atoms with van der Waals surface area (Å²) in [6.45, 7) is 4.73. The molecule has 1 nitrogen and oxygen atoms in total. The van der Waals surface area contributed by atoms with Crippen molar-refractivity contribution in [2.24, 2.45) is 0 Å². The average Bonchev–Trinajstić information content (AvgIpc) is 2.29. The maximum absolute atomic E-state index is 5.51. The molecule has 1 heteroatoms. The summed E-state index contributed by atoms with van der Waals surface area (Å²) in [5.74, 6) is 1.02. The number of hydrogen-bond acceptors (Lipinski definition) is 1. The minimum absolute atomic E-state index is 0.851. The molecule has 1 aliphatic carbocycles. The molecule has 1 aliphatic heterocycles. The summed E-state index contributed by atoms with van der Waals surface area (Å²) >= 11 is 0. The van der Waals surface area contributed by atoms with Crippen LogP contribution in [0.1, 0.15) is 12.8 Å². The molecule has 2 aliphatic rings. The number of ether oxygens (including phenoxy) is 1. The highest BCUT2D eigenvalue weighted by molar-refractivity contribution is 5.42. The largest absolute Gasteiger partial charge is 0.493 e. The minimum atomic E-state index is 0.851. The summed E-state index contributed by atoms with van der Waals surface area (Å²) < 4.78 is 5.51. The van der Waals surface area contributed by atoms with Gasteiger partial charge in [-0.2, -0.15) is 0 Å². The van der Waals surface area contributed by atoms with Gasteiger partial charge >= 0.3 is 0 Å². The molecule has 0 saturated carbocycles. The van der Waals surface area contributed by atoms with Crippen LogP contribution in [0.15, 0.2) is 47.8 Å². The molecule has 0 bridgehead atoms. The van der Waals surface area contributed by atoms with Gasteiger partial charge in [0.1, 0.15) is 5.76 Å². The summed E-state index contributed by atoms with van der Waals surface area (Å²) in [4.78, 5) is 0. The predicted octanol–water partition coefficient (Wildman–Crippen LogP) is 2.73. The average molecular weight is 160 g/mol. The van der Waals surface area contributed by atoms with Crippen LogP contribution in [0.2, 0.25) is 0 Å². The number of allylic oxidation sites excluding steroid dienone is 6. The fraction of sp³-hybridized carbons (Fsp3) is 0.273. The van der Waals surface area contributed by atoms with Crippen molar-refractivity contribution in [1.82, 2.24) is 0 Å². The molecule has 0 aromatic heterocycles. The second-order valence-corrected chi connectivity index (χ2v) is 3.08. The van der Waals surface area contributed by atoms with Gasteiger partial charge in [-0.1, -0.05) is 24.8 Å². The molecule has 2 rings (SSSR count). The molecule has 0 radical (unpaired) electrons. The van der Waals surface area contributed by atoms with Gasteiger partial charge in [0.25, 0.3) is 0 Å². The van der Waals surface area contributed by atoms with E-state index in [4.69, 9.17) is 4.74 Å². The maximum Gasteiger partial charge on any atom is 0.122 e. The maximum atomic E-state index is 5.51. The van der Waals surface area contributed by atoms with Gasteiger partial charge < -0.3 is 4.74 Å². The summed E-state index contributed by atoms with van der Waals surface area (Å²) in [6, 6.07) is 0. The first-order valence-electron chi connectivity index (χ1n) is 4.27. The number of hydrogen-bond donors (Lipinski definition) is 0. The minimum Gasteiger partial charge on any atom is -0.493 e. The smallest absolute Gasteiger partial charge is 0.122 e. The van der Waals surface area contributed by atoms with Gasteiger partial charge in [-0.25, -0.2) is 0 Å². The summed E-state index contributed by atoms with van der Waals surface area (Å²) in [7, 11) is 0. The van der Waals surface area contributed by atoms with E-state index in [1.165, 1.54) is 5.57 Å². The fourth-order valence-electron chi connectivity index (χ4n) is 1.43. The lowest BCUT2D eigenvalue weighted by atomic mass is 10.1. The van der Waals surface area contributed by atoms with Crippen LogP contribution in [-0.2, 0) is 4.74 Å². The van der Waals surface area contributed by atoms with Crippen LogP contribution in [0, 0.1) is 0 Å². The first-order valence-corrected chi connectivity index (χ1v) is 4.27. The molecule has 0 aromatic rings. The second-order valence-electron chi connectivity index (χ2n) is 3.08. The Hall–Kier alpha value is -1.24. The quantitative estimate of drug-likeness (QED) is 0.529. The number of rotatable bonds is 0. The monoisotopic (exact) mass is 160 g/mol. The van der Waals surface area contributed by atoms with Crippen LogP contribution in [0.3, 0.4) is 0 Å². The second kappa shape index (κ2) is 3.02. The van der Waals surface area contributed by atoms with E-state index >= 15 is 0 Å². The topological polar surface area (TPSA) is 9.23 Å². The van der Waals surface area contributed by atoms with Gasteiger partial charge in [0, 0.05) is 0 Å². The van der Waals surface area contributed by atoms with Crippen molar-refractivity contribution in [2.45, 2.75) is 12.8 Å². The summed E-state index contributed by atoms with van der Waals surface area (Å²) in [6.07, 6.45) is 10.4. The van der Waals surface area contributed by atoms with Gasteiger partial charge in [0.05, 0.1) is 6.61 Å². The molecule has 0 unspecified atom stereocenters. The van der Waals surface area contributed by atoms with Crippen LogP contribution in [-0.4, -0.2) is 6.61 Å². The van der Waals surface area contributed by atoms with E-state index in [0.29, 0.717) is 0 Å². The van der Waals surface area contributed by atoms with Crippen molar-refractivity contribution in [3.05, 3.63) is 47.8 Å². The lowest BCUT2D eigenvalue weighted by Gasteiger charge is -2.15. The lowest BCUT2D eigenvalue weighted by Crippen LogP contribution is -2.03. The van der Waals surface area contributed by atoms with E-state index in [-0.39, 0.29) is 0 Å². The Bertz CT molecular complexity index is 264. The first kappa shape index (κ1) is 7.41. The van der Waals surface area contributed by atoms with Crippen LogP contribution >= 0.6 is 0 Å². The van der Waals surface area contributed by atoms with Crippen molar-refractivity contribution in [3.8, 4) is 0 Å². The lowest BCUT2D eigenvalue weighted by molar-refractivity contribution is 0.202. The van der Waals surface area contributed by atoms with E-state index in [1.54, 1.807) is 0 Å². The van der Waals surface area contributed by atoms with Crippen molar-refractivity contribution < 1.29 is 4.74 Å². The Morgan fingerprint density at radius 3 is 2.92 bits per heavy atom. The Kier molecular flexibility index (Phi) is 1.86. The van der Waals surface area contributed by atoms with Crippen LogP contribution in [0.4, 0.5) is 0 Å². The van der Waals surface area contributed by atoms with E-state index in [1.807, 2.05) is 18.2 Å². The highest BCUT2D eigenvalue weighted by Gasteiger charge is 2.10. The normalized spacial score (nSPS) is 21.8. The zero-order valence-electron chi connectivity index (χ0n) is 7.05. The van der Waals surface area contributed by atoms with Gasteiger partial charge in [-0.05, 0) is 30.1 Å². The predicted molar refractivity (Wildman–Crippen MR) is 49.6 cm³/mol. The Labute approximate surface area is 72.7 Å². The van der Waals surface area contributed by atoms with Gasteiger partial charge in [0.15, 0.2) is 0 Å². The van der Waals surface area contributed by atoms with E-state index < -0.39 is 0 Å². The van der Waals surface area contributed by atoms with Gasteiger partial charge in [-0.15, -0.1) is 0 Å². The first-order chi connectivity index (χ1) is 5.86. The van der Waals surface area contributed by atoms with E-state index in [0.717, 1.165) is 30.8 Å². The SMILES string of the molecule is C=C1C=CC2=C(C=C1)OCCC2. The van der Waals surface area contributed by atoms with E-state index in [9.17, 15) is 0 Å². The molecule has 0 aromatic carbocycles. The van der Waals surface area contributed by atoms with Crippen LogP contribution in [0.25, 0.3) is 0 Å². The Balaban J connectivity index is 2.35. The highest BCUT2D eigenvalue weighted by atomic mass is 16.5. The molecule has 62 valence electrons. The molecular formula is C11H12O. The van der Waals surface area contributed by atoms with E-state index in [2.05, 4.69) is 12.7 Å². The molecule has 0 N–H and O–H groups in total. The third-order valence-electron chi connectivity index (χ3n) is 2.11. The van der Waals surface area contributed by atoms with Crippen molar-refractivity contribution in [1.29, 1.82) is 0 Å². The molecule has 0 amide bonds. The zero-order valence-corrected chi connectivity index (χ0v) is 7.05. The standard InChI is InChI=1S/C11H12O/c1-9-4-6-10-3-2-8-12-11(10)7-5-9/h4-7H,1-3,8H2.